The second kappa shape index (κ2) is 9.65. The van der Waals surface area contributed by atoms with Gasteiger partial charge in [-0.1, -0.05) is 0 Å². The van der Waals surface area contributed by atoms with Crippen LogP contribution in [0.1, 0.15) is 9.88 Å². The topological polar surface area (TPSA) is 98.7 Å². The smallest absolute Gasteiger partial charge is 0.324 e. The number of guanidine groups is 1. The first-order valence-electron chi connectivity index (χ1n) is 7.04. The van der Waals surface area contributed by atoms with Gasteiger partial charge in [0, 0.05) is 44.2 Å². The molecular formula is C13H21IN6O2S. The molecule has 8 nitrogen and oxygen atoms in total. The number of nitrogens with one attached hydrogen (secondary N) is 3. The zero-order valence-corrected chi connectivity index (χ0v) is 16.2. The summed E-state index contributed by atoms with van der Waals surface area (Å²) in [6.07, 6.45) is 2.69. The van der Waals surface area contributed by atoms with Gasteiger partial charge >= 0.3 is 6.03 Å². The number of hydrogen-bond donors (Lipinski definition) is 3. The number of aliphatic imine (C=N–C) groups is 1. The van der Waals surface area contributed by atoms with Crippen LogP contribution in [0.25, 0.3) is 0 Å². The van der Waals surface area contributed by atoms with Crippen molar-refractivity contribution in [2.75, 3.05) is 33.2 Å². The minimum absolute atomic E-state index is 0. The molecule has 1 aromatic rings. The maximum Gasteiger partial charge on any atom is 0.324 e. The largest absolute Gasteiger partial charge is 0.356 e. The van der Waals surface area contributed by atoms with Gasteiger partial charge in [0.2, 0.25) is 5.91 Å². The lowest BCUT2D eigenvalue weighted by Crippen LogP contribution is -2.43. The summed E-state index contributed by atoms with van der Waals surface area (Å²) in [5.41, 5.74) is 0. The molecule has 1 fully saturated rings. The number of urea groups is 1. The van der Waals surface area contributed by atoms with E-state index in [4.69, 9.17) is 0 Å². The number of halogens is 1. The Morgan fingerprint density at radius 3 is 2.74 bits per heavy atom. The zero-order valence-electron chi connectivity index (χ0n) is 13.1. The Balaban J connectivity index is 0.00000264. The van der Waals surface area contributed by atoms with Gasteiger partial charge in [0.1, 0.15) is 0 Å². The van der Waals surface area contributed by atoms with E-state index < -0.39 is 0 Å². The number of aromatic nitrogens is 1. The van der Waals surface area contributed by atoms with Crippen molar-refractivity contribution in [3.8, 4) is 0 Å². The van der Waals surface area contributed by atoms with Crippen molar-refractivity contribution < 1.29 is 9.59 Å². The zero-order chi connectivity index (χ0) is 15.9. The van der Waals surface area contributed by atoms with Crippen LogP contribution in [0.5, 0.6) is 0 Å². The number of carbonyl (C=O) groups is 2. The van der Waals surface area contributed by atoms with Gasteiger partial charge in [-0.05, 0) is 6.92 Å². The molecule has 3 N–H and O–H groups in total. The van der Waals surface area contributed by atoms with E-state index >= 15 is 0 Å². The van der Waals surface area contributed by atoms with Gasteiger partial charge in [-0.15, -0.1) is 35.3 Å². The van der Waals surface area contributed by atoms with E-state index in [-0.39, 0.29) is 42.5 Å². The first-order chi connectivity index (χ1) is 10.6. The van der Waals surface area contributed by atoms with Gasteiger partial charge in [-0.3, -0.25) is 14.7 Å². The van der Waals surface area contributed by atoms with Crippen molar-refractivity contribution in [2.45, 2.75) is 13.3 Å². The summed E-state index contributed by atoms with van der Waals surface area (Å²) in [5.74, 6) is 0.439. The first kappa shape index (κ1) is 19.6. The molecule has 0 saturated carbocycles. The molecule has 2 heterocycles. The fraction of sp³-hybridized carbons (Fsp3) is 0.538. The van der Waals surface area contributed by atoms with Crippen molar-refractivity contribution >= 4 is 53.2 Å². The molecule has 0 unspecified atom stereocenters. The molecule has 10 heteroatoms. The second-order valence-corrected chi connectivity index (χ2v) is 6.06. The van der Waals surface area contributed by atoms with Crippen LogP contribution in [0.15, 0.2) is 11.2 Å². The second-order valence-electron chi connectivity index (χ2n) is 4.74. The molecule has 128 valence electrons. The summed E-state index contributed by atoms with van der Waals surface area (Å²) in [6.45, 7) is 3.60. The minimum Gasteiger partial charge on any atom is -0.356 e. The van der Waals surface area contributed by atoms with Crippen LogP contribution in [0.2, 0.25) is 0 Å². The average molecular weight is 452 g/mol. The first-order valence-corrected chi connectivity index (χ1v) is 7.86. The number of nitrogens with zero attached hydrogens (tertiary/aromatic N) is 3. The molecule has 0 aromatic carbocycles. The number of hydrogen-bond acceptors (Lipinski definition) is 5. The molecule has 0 aliphatic carbocycles. The summed E-state index contributed by atoms with van der Waals surface area (Å²) >= 11 is 1.68. The van der Waals surface area contributed by atoms with Crippen molar-refractivity contribution in [3.63, 3.8) is 0 Å². The quantitative estimate of drug-likeness (QED) is 0.250. The van der Waals surface area contributed by atoms with Crippen molar-refractivity contribution in [3.05, 3.63) is 16.1 Å². The highest BCUT2D eigenvalue weighted by Gasteiger charge is 2.27. The molecule has 0 radical (unpaired) electrons. The third kappa shape index (κ3) is 5.94. The molecule has 0 spiro atoms. The Hall–Kier alpha value is -1.43. The maximum atomic E-state index is 11.4. The molecule has 2 rings (SSSR count). The number of rotatable bonds is 6. The van der Waals surface area contributed by atoms with Crippen LogP contribution >= 0.6 is 35.3 Å². The number of aryl methyl sites for hydroxylation is 1. The highest BCUT2D eigenvalue weighted by atomic mass is 127. The highest BCUT2D eigenvalue weighted by molar-refractivity contribution is 14.0. The molecular weight excluding hydrogens is 431 g/mol. The van der Waals surface area contributed by atoms with E-state index in [2.05, 4.69) is 25.9 Å². The lowest BCUT2D eigenvalue weighted by molar-refractivity contribution is -0.124. The van der Waals surface area contributed by atoms with Gasteiger partial charge in [-0.25, -0.2) is 9.78 Å². The Bertz CT molecular complexity index is 561. The average Bonchev–Trinajstić information content (AvgIpc) is 3.05. The van der Waals surface area contributed by atoms with Crippen LogP contribution in [-0.2, 0) is 11.2 Å². The predicted octanol–water partition coefficient (Wildman–Crippen LogP) is 0.329. The van der Waals surface area contributed by atoms with Crippen LogP contribution in [0.4, 0.5) is 4.79 Å². The molecule has 1 aromatic heterocycles. The predicted molar refractivity (Wildman–Crippen MR) is 100 cm³/mol. The fourth-order valence-corrected chi connectivity index (χ4v) is 2.78. The Kier molecular flexibility index (Phi) is 8.23. The van der Waals surface area contributed by atoms with E-state index in [1.54, 1.807) is 18.4 Å². The normalized spacial score (nSPS) is 14.5. The van der Waals surface area contributed by atoms with Gasteiger partial charge in [-0.2, -0.15) is 0 Å². The molecule has 3 amide bonds. The number of carbonyl (C=O) groups excluding carboxylic acids is 2. The lowest BCUT2D eigenvalue weighted by Gasteiger charge is -2.15. The summed E-state index contributed by atoms with van der Waals surface area (Å²) < 4.78 is 0. The van der Waals surface area contributed by atoms with Crippen molar-refractivity contribution in [1.82, 2.24) is 25.8 Å². The number of imide groups is 1. The molecule has 23 heavy (non-hydrogen) atoms. The summed E-state index contributed by atoms with van der Waals surface area (Å²) in [5, 5.41) is 9.82. The summed E-state index contributed by atoms with van der Waals surface area (Å²) in [4.78, 5) is 33.6. The SMILES string of the molecule is CN=C(NCCc1ncc(C)s1)NCCN1C(=O)CNC1=O.I. The van der Waals surface area contributed by atoms with Crippen LogP contribution in [0.3, 0.4) is 0 Å². The van der Waals surface area contributed by atoms with Gasteiger partial charge in [0.15, 0.2) is 5.96 Å². The van der Waals surface area contributed by atoms with Crippen LogP contribution in [-0.4, -0.2) is 61.0 Å². The van der Waals surface area contributed by atoms with Crippen LogP contribution < -0.4 is 16.0 Å². The third-order valence-corrected chi connectivity index (χ3v) is 4.06. The fourth-order valence-electron chi connectivity index (χ4n) is 1.99. The minimum atomic E-state index is -0.339. The van der Waals surface area contributed by atoms with E-state index in [0.29, 0.717) is 19.0 Å². The highest BCUT2D eigenvalue weighted by Crippen LogP contribution is 2.10. The third-order valence-electron chi connectivity index (χ3n) is 3.09. The van der Waals surface area contributed by atoms with Crippen molar-refractivity contribution in [2.24, 2.45) is 4.99 Å². The monoisotopic (exact) mass is 452 g/mol. The van der Waals surface area contributed by atoms with E-state index in [9.17, 15) is 9.59 Å². The van der Waals surface area contributed by atoms with Crippen molar-refractivity contribution in [1.29, 1.82) is 0 Å². The Morgan fingerprint density at radius 1 is 1.43 bits per heavy atom. The van der Waals surface area contributed by atoms with Crippen LogP contribution in [0, 0.1) is 6.92 Å². The van der Waals surface area contributed by atoms with Gasteiger partial charge < -0.3 is 16.0 Å². The van der Waals surface area contributed by atoms with E-state index in [1.165, 1.54) is 9.78 Å². The maximum absolute atomic E-state index is 11.4. The molecule has 0 atom stereocenters. The summed E-state index contributed by atoms with van der Waals surface area (Å²) in [7, 11) is 1.68. The molecule has 1 saturated heterocycles. The van der Waals surface area contributed by atoms with E-state index in [0.717, 1.165) is 18.0 Å². The molecule has 0 bridgehead atoms. The van der Waals surface area contributed by atoms with Gasteiger partial charge in [0.25, 0.3) is 0 Å². The number of amides is 3. The standard InChI is InChI=1S/C13H20N6O2S.HI/c1-9-7-17-10(22-9)3-4-15-12(14-2)16-5-6-19-11(20)8-18-13(19)21;/h7H,3-6,8H2,1-2H3,(H,18,21)(H2,14,15,16);1H. The van der Waals surface area contributed by atoms with E-state index in [1.807, 2.05) is 13.1 Å². The molecule has 1 aliphatic heterocycles. The summed E-state index contributed by atoms with van der Waals surface area (Å²) in [6, 6.07) is -0.339. The molecule has 1 aliphatic rings. The Morgan fingerprint density at radius 2 is 2.17 bits per heavy atom. The van der Waals surface area contributed by atoms with Gasteiger partial charge in [0.05, 0.1) is 11.6 Å². The Labute approximate surface area is 156 Å². The lowest BCUT2D eigenvalue weighted by atomic mass is 10.4. The number of thiazole rings is 1.